The first kappa shape index (κ1) is 18.0. The summed E-state index contributed by atoms with van der Waals surface area (Å²) >= 11 is 6.05. The van der Waals surface area contributed by atoms with Crippen LogP contribution < -0.4 is 10.2 Å². The Morgan fingerprint density at radius 2 is 2.05 bits per heavy atom. The number of rotatable bonds is 7. The zero-order chi connectivity index (χ0) is 16.0. The fraction of sp³-hybridized carbons (Fsp3) is 0.643. The Hall–Kier alpha value is -1.01. The topological polar surface area (TPSA) is 28.2 Å². The van der Waals surface area contributed by atoms with Crippen molar-refractivity contribution >= 4 is 17.4 Å². The molecule has 1 heterocycles. The molecule has 1 aromatic heterocycles. The van der Waals surface area contributed by atoms with E-state index in [9.17, 15) is 13.2 Å². The maximum Gasteiger partial charge on any atom is 0.405 e. The first-order valence-corrected chi connectivity index (χ1v) is 7.31. The van der Waals surface area contributed by atoms with Gasteiger partial charge in [0.05, 0.1) is 5.02 Å². The van der Waals surface area contributed by atoms with Gasteiger partial charge in [0.2, 0.25) is 0 Å². The third-order valence-corrected chi connectivity index (χ3v) is 3.27. The van der Waals surface area contributed by atoms with Crippen LogP contribution in [0.25, 0.3) is 0 Å². The lowest BCUT2D eigenvalue weighted by atomic mass is 10.2. The Labute approximate surface area is 128 Å². The minimum atomic E-state index is -4.27. The van der Waals surface area contributed by atoms with Gasteiger partial charge in [-0.2, -0.15) is 13.2 Å². The van der Waals surface area contributed by atoms with Crippen LogP contribution in [0.1, 0.15) is 32.8 Å². The molecule has 0 aliphatic heterocycles. The van der Waals surface area contributed by atoms with Crippen LogP contribution in [0.5, 0.6) is 0 Å². The van der Waals surface area contributed by atoms with Gasteiger partial charge >= 0.3 is 6.18 Å². The lowest BCUT2D eigenvalue weighted by Crippen LogP contribution is -2.39. The first-order chi connectivity index (χ1) is 9.74. The molecule has 1 N–H and O–H groups in total. The molecule has 7 heteroatoms. The summed E-state index contributed by atoms with van der Waals surface area (Å²) in [6.07, 6.45) is -1.89. The van der Waals surface area contributed by atoms with Crippen molar-refractivity contribution < 1.29 is 13.2 Å². The molecule has 0 unspecified atom stereocenters. The maximum atomic E-state index is 12.7. The monoisotopic (exact) mass is 323 g/mol. The number of anilines is 1. The third kappa shape index (κ3) is 6.09. The van der Waals surface area contributed by atoms with E-state index < -0.39 is 12.7 Å². The minimum Gasteiger partial charge on any atom is -0.345 e. The number of aromatic nitrogens is 1. The highest BCUT2D eigenvalue weighted by molar-refractivity contribution is 6.31. The number of pyridine rings is 1. The fourth-order valence-electron chi connectivity index (χ4n) is 1.88. The highest BCUT2D eigenvalue weighted by Gasteiger charge is 2.32. The normalized spacial score (nSPS) is 12.0. The molecule has 0 amide bonds. The minimum absolute atomic E-state index is 0.292. The average molecular weight is 324 g/mol. The molecule has 120 valence electrons. The van der Waals surface area contributed by atoms with Gasteiger partial charge in [0.1, 0.15) is 12.4 Å². The van der Waals surface area contributed by atoms with Crippen LogP contribution in [0, 0.1) is 0 Å². The van der Waals surface area contributed by atoms with Crippen LogP contribution in [-0.2, 0) is 6.54 Å². The van der Waals surface area contributed by atoms with Crippen LogP contribution in [0.2, 0.25) is 5.02 Å². The molecule has 3 nitrogen and oxygen atoms in total. The van der Waals surface area contributed by atoms with Crippen molar-refractivity contribution in [2.45, 2.75) is 46.0 Å². The zero-order valence-electron chi connectivity index (χ0n) is 12.5. The number of halogens is 4. The summed E-state index contributed by atoms with van der Waals surface area (Å²) in [5.41, 5.74) is 0.753. The molecule has 0 atom stereocenters. The molecule has 0 saturated heterocycles. The van der Waals surface area contributed by atoms with Gasteiger partial charge in [-0.3, -0.25) is 0 Å². The highest BCUT2D eigenvalue weighted by atomic mass is 35.5. The lowest BCUT2D eigenvalue weighted by molar-refractivity contribution is -0.120. The summed E-state index contributed by atoms with van der Waals surface area (Å²) in [6.45, 7) is 5.76. The number of hydrogen-bond acceptors (Lipinski definition) is 3. The Kier molecular flexibility index (Phi) is 6.74. The van der Waals surface area contributed by atoms with E-state index in [1.165, 1.54) is 11.1 Å². The van der Waals surface area contributed by atoms with Crippen LogP contribution in [0.15, 0.2) is 12.3 Å². The van der Waals surface area contributed by atoms with Crippen LogP contribution in [0.3, 0.4) is 0 Å². The van der Waals surface area contributed by atoms with Gasteiger partial charge in [-0.25, -0.2) is 4.98 Å². The van der Waals surface area contributed by atoms with Crippen molar-refractivity contribution in [3.05, 3.63) is 22.8 Å². The smallest absolute Gasteiger partial charge is 0.345 e. The molecule has 0 bridgehead atoms. The first-order valence-electron chi connectivity index (χ1n) is 6.93. The molecule has 1 aromatic rings. The summed E-state index contributed by atoms with van der Waals surface area (Å²) in [4.78, 5) is 5.26. The predicted octanol–water partition coefficient (Wildman–Crippen LogP) is 4.01. The number of nitrogens with one attached hydrogen (secondary N) is 1. The van der Waals surface area contributed by atoms with E-state index in [2.05, 4.69) is 10.3 Å². The maximum absolute atomic E-state index is 12.7. The van der Waals surface area contributed by atoms with Gasteiger partial charge in [0.15, 0.2) is 0 Å². The van der Waals surface area contributed by atoms with Gasteiger partial charge in [-0.15, -0.1) is 0 Å². The van der Waals surface area contributed by atoms with Gasteiger partial charge in [-0.05, 0) is 38.4 Å². The highest BCUT2D eigenvalue weighted by Crippen LogP contribution is 2.25. The second kappa shape index (κ2) is 7.84. The van der Waals surface area contributed by atoms with E-state index in [1.807, 2.05) is 6.92 Å². The summed E-state index contributed by atoms with van der Waals surface area (Å²) in [7, 11) is 0. The molecule has 0 spiro atoms. The van der Waals surface area contributed by atoms with E-state index in [4.69, 9.17) is 11.6 Å². The molecule has 0 radical (unpaired) electrons. The van der Waals surface area contributed by atoms with Crippen molar-refractivity contribution in [2.75, 3.05) is 18.0 Å². The second-order valence-electron chi connectivity index (χ2n) is 5.15. The number of nitrogens with zero attached hydrogens (tertiary/aromatic N) is 2. The van der Waals surface area contributed by atoms with Crippen molar-refractivity contribution in [2.24, 2.45) is 0 Å². The van der Waals surface area contributed by atoms with Crippen molar-refractivity contribution in [3.63, 3.8) is 0 Å². The molecule has 0 saturated carbocycles. The molecule has 0 fully saturated rings. The molecule has 0 aliphatic carbocycles. The summed E-state index contributed by atoms with van der Waals surface area (Å²) in [5.74, 6) is 0.292. The van der Waals surface area contributed by atoms with E-state index in [-0.39, 0.29) is 6.04 Å². The van der Waals surface area contributed by atoms with E-state index >= 15 is 0 Å². The van der Waals surface area contributed by atoms with Crippen LogP contribution >= 0.6 is 11.6 Å². The van der Waals surface area contributed by atoms with E-state index in [0.29, 0.717) is 17.4 Å². The summed E-state index contributed by atoms with van der Waals surface area (Å²) < 4.78 is 38.0. The molecular weight excluding hydrogens is 303 g/mol. The molecule has 0 aromatic carbocycles. The zero-order valence-corrected chi connectivity index (χ0v) is 13.2. The standard InChI is InChI=1S/C14H21ClF3N3/c1-4-5-19-7-11-6-13(20-8-12(11)15)21(10(2)3)9-14(16,17)18/h6,8,10,19H,4-5,7,9H2,1-3H3. The van der Waals surface area contributed by atoms with Crippen molar-refractivity contribution in [3.8, 4) is 0 Å². The molecule has 1 rings (SSSR count). The van der Waals surface area contributed by atoms with Gasteiger partial charge in [0, 0.05) is 18.8 Å². The van der Waals surface area contributed by atoms with Crippen molar-refractivity contribution in [1.29, 1.82) is 0 Å². The number of hydrogen-bond donors (Lipinski definition) is 1. The number of alkyl halides is 3. The summed E-state index contributed by atoms with van der Waals surface area (Å²) in [5, 5.41) is 3.64. The van der Waals surface area contributed by atoms with Crippen LogP contribution in [0.4, 0.5) is 19.0 Å². The Morgan fingerprint density at radius 1 is 1.38 bits per heavy atom. The quantitative estimate of drug-likeness (QED) is 0.768. The molecule has 0 aliphatic rings. The van der Waals surface area contributed by atoms with E-state index in [1.54, 1.807) is 19.9 Å². The average Bonchev–Trinajstić information content (AvgIpc) is 2.37. The Balaban J connectivity index is 2.96. The van der Waals surface area contributed by atoms with Crippen LogP contribution in [-0.4, -0.2) is 30.3 Å². The lowest BCUT2D eigenvalue weighted by Gasteiger charge is -2.29. The SMILES string of the molecule is CCCNCc1cc(N(CC(F)(F)F)C(C)C)ncc1Cl. The second-order valence-corrected chi connectivity index (χ2v) is 5.55. The Bertz CT molecular complexity index is 450. The predicted molar refractivity (Wildman–Crippen MR) is 79.8 cm³/mol. The van der Waals surface area contributed by atoms with Gasteiger partial charge in [-0.1, -0.05) is 18.5 Å². The van der Waals surface area contributed by atoms with Gasteiger partial charge < -0.3 is 10.2 Å². The largest absolute Gasteiger partial charge is 0.405 e. The Morgan fingerprint density at radius 3 is 2.57 bits per heavy atom. The van der Waals surface area contributed by atoms with E-state index in [0.717, 1.165) is 18.5 Å². The fourth-order valence-corrected chi connectivity index (χ4v) is 2.05. The molecular formula is C14H21ClF3N3. The molecule has 21 heavy (non-hydrogen) atoms. The summed E-state index contributed by atoms with van der Waals surface area (Å²) in [6, 6.07) is 1.31. The third-order valence-electron chi connectivity index (χ3n) is 2.93. The van der Waals surface area contributed by atoms with Crippen molar-refractivity contribution in [1.82, 2.24) is 10.3 Å². The van der Waals surface area contributed by atoms with Gasteiger partial charge in [0.25, 0.3) is 0 Å².